The molecule has 1 aromatic rings. The van der Waals surface area contributed by atoms with Crippen LogP contribution < -0.4 is 10.2 Å². The molecule has 0 saturated carbocycles. The van der Waals surface area contributed by atoms with Crippen LogP contribution in [0, 0.1) is 5.82 Å². The van der Waals surface area contributed by atoms with Crippen LogP contribution in [-0.4, -0.2) is 29.7 Å². The molecule has 1 aromatic carbocycles. The summed E-state index contributed by atoms with van der Waals surface area (Å²) in [5.74, 6) is -1.47. The standard InChI is InChI=1S/C13H17FN2O3/c1-3-11(12(17)18)15-13(19)16(4-2)10-7-5-9(14)6-8-10/h5-8,11H,3-4H2,1-2H3,(H,15,19)(H,17,18)/t11-/m0/s1. The second-order valence-electron chi connectivity index (χ2n) is 3.97. The minimum Gasteiger partial charge on any atom is -0.480 e. The smallest absolute Gasteiger partial charge is 0.326 e. The Morgan fingerprint density at radius 2 is 1.89 bits per heavy atom. The molecule has 0 heterocycles. The van der Waals surface area contributed by atoms with E-state index in [4.69, 9.17) is 5.11 Å². The lowest BCUT2D eigenvalue weighted by molar-refractivity contribution is -0.139. The number of anilines is 1. The van der Waals surface area contributed by atoms with Gasteiger partial charge in [-0.25, -0.2) is 14.0 Å². The van der Waals surface area contributed by atoms with Gasteiger partial charge < -0.3 is 10.4 Å². The second-order valence-corrected chi connectivity index (χ2v) is 3.97. The zero-order valence-electron chi connectivity index (χ0n) is 10.9. The zero-order valence-corrected chi connectivity index (χ0v) is 10.9. The number of carbonyl (C=O) groups excluding carboxylic acids is 1. The van der Waals surface area contributed by atoms with Gasteiger partial charge in [0.1, 0.15) is 11.9 Å². The van der Waals surface area contributed by atoms with Crippen LogP contribution in [0.2, 0.25) is 0 Å². The molecule has 104 valence electrons. The monoisotopic (exact) mass is 268 g/mol. The van der Waals surface area contributed by atoms with Gasteiger partial charge in [-0.1, -0.05) is 6.92 Å². The highest BCUT2D eigenvalue weighted by Gasteiger charge is 2.21. The minimum absolute atomic E-state index is 0.294. The summed E-state index contributed by atoms with van der Waals surface area (Å²) in [6.45, 7) is 3.78. The number of benzene rings is 1. The van der Waals surface area contributed by atoms with Crippen molar-refractivity contribution in [2.24, 2.45) is 0 Å². The highest BCUT2D eigenvalue weighted by atomic mass is 19.1. The molecule has 0 spiro atoms. The molecule has 0 aliphatic heterocycles. The van der Waals surface area contributed by atoms with Gasteiger partial charge >= 0.3 is 12.0 Å². The van der Waals surface area contributed by atoms with Crippen molar-refractivity contribution in [2.45, 2.75) is 26.3 Å². The molecule has 0 bridgehead atoms. The molecule has 1 rings (SSSR count). The van der Waals surface area contributed by atoms with E-state index < -0.39 is 23.9 Å². The van der Waals surface area contributed by atoms with Crippen molar-refractivity contribution in [1.29, 1.82) is 0 Å². The van der Waals surface area contributed by atoms with Crippen molar-refractivity contribution in [1.82, 2.24) is 5.32 Å². The number of urea groups is 1. The maximum atomic E-state index is 12.8. The lowest BCUT2D eigenvalue weighted by Crippen LogP contribution is -2.47. The van der Waals surface area contributed by atoms with Gasteiger partial charge in [0, 0.05) is 12.2 Å². The van der Waals surface area contributed by atoms with Crippen molar-refractivity contribution >= 4 is 17.7 Å². The number of hydrogen-bond donors (Lipinski definition) is 2. The number of rotatable bonds is 5. The average Bonchev–Trinajstić information content (AvgIpc) is 2.38. The second kappa shape index (κ2) is 6.72. The number of hydrogen-bond acceptors (Lipinski definition) is 2. The molecule has 6 heteroatoms. The Labute approximate surface area is 111 Å². The zero-order chi connectivity index (χ0) is 14.4. The summed E-state index contributed by atoms with van der Waals surface area (Å²) < 4.78 is 12.8. The Hall–Kier alpha value is -2.11. The van der Waals surface area contributed by atoms with E-state index in [1.807, 2.05) is 0 Å². The first-order valence-corrected chi connectivity index (χ1v) is 6.06. The molecular formula is C13H17FN2O3. The van der Waals surface area contributed by atoms with E-state index in [2.05, 4.69) is 5.32 Å². The Morgan fingerprint density at radius 1 is 1.32 bits per heavy atom. The molecule has 0 saturated heterocycles. The van der Waals surface area contributed by atoms with E-state index in [0.717, 1.165) is 0 Å². The fourth-order valence-electron chi connectivity index (χ4n) is 1.63. The van der Waals surface area contributed by atoms with Gasteiger partial charge in [-0.2, -0.15) is 0 Å². The number of halogens is 1. The van der Waals surface area contributed by atoms with Crippen molar-refractivity contribution in [3.63, 3.8) is 0 Å². The fourth-order valence-corrected chi connectivity index (χ4v) is 1.63. The average molecular weight is 268 g/mol. The normalized spacial score (nSPS) is 11.7. The van der Waals surface area contributed by atoms with Crippen LogP contribution in [-0.2, 0) is 4.79 Å². The van der Waals surface area contributed by atoms with Gasteiger partial charge in [-0.15, -0.1) is 0 Å². The van der Waals surface area contributed by atoms with Crippen LogP contribution in [0.15, 0.2) is 24.3 Å². The van der Waals surface area contributed by atoms with Crippen molar-refractivity contribution in [3.8, 4) is 0 Å². The Bertz CT molecular complexity index is 448. The molecule has 2 amide bonds. The molecule has 0 unspecified atom stereocenters. The highest BCUT2D eigenvalue weighted by Crippen LogP contribution is 2.15. The predicted octanol–water partition coefficient (Wildman–Crippen LogP) is 2.22. The van der Waals surface area contributed by atoms with Crippen LogP contribution in [0.25, 0.3) is 0 Å². The number of aliphatic carboxylic acids is 1. The van der Waals surface area contributed by atoms with Crippen LogP contribution in [0.4, 0.5) is 14.9 Å². The van der Waals surface area contributed by atoms with E-state index in [1.165, 1.54) is 29.2 Å². The lowest BCUT2D eigenvalue weighted by Gasteiger charge is -2.23. The van der Waals surface area contributed by atoms with Gasteiger partial charge in [0.15, 0.2) is 0 Å². The van der Waals surface area contributed by atoms with Gasteiger partial charge in [-0.3, -0.25) is 4.90 Å². The molecule has 0 aromatic heterocycles. The summed E-state index contributed by atoms with van der Waals surface area (Å²) in [5.41, 5.74) is 0.515. The largest absolute Gasteiger partial charge is 0.480 e. The molecule has 5 nitrogen and oxygen atoms in total. The fraction of sp³-hybridized carbons (Fsp3) is 0.385. The molecule has 0 aliphatic rings. The van der Waals surface area contributed by atoms with E-state index in [0.29, 0.717) is 18.7 Å². The van der Waals surface area contributed by atoms with Gasteiger partial charge in [0.05, 0.1) is 0 Å². The number of carbonyl (C=O) groups is 2. The Balaban J connectivity index is 2.82. The van der Waals surface area contributed by atoms with Crippen molar-refractivity contribution in [3.05, 3.63) is 30.1 Å². The summed E-state index contributed by atoms with van der Waals surface area (Å²) >= 11 is 0. The predicted molar refractivity (Wildman–Crippen MR) is 69.7 cm³/mol. The summed E-state index contributed by atoms with van der Waals surface area (Å²) in [6, 6.07) is 4.00. The molecule has 19 heavy (non-hydrogen) atoms. The first-order chi connectivity index (χ1) is 8.99. The first-order valence-electron chi connectivity index (χ1n) is 6.06. The van der Waals surface area contributed by atoms with E-state index >= 15 is 0 Å². The maximum Gasteiger partial charge on any atom is 0.326 e. The first kappa shape index (κ1) is 14.9. The number of nitrogens with one attached hydrogen (secondary N) is 1. The van der Waals surface area contributed by atoms with E-state index in [-0.39, 0.29) is 0 Å². The van der Waals surface area contributed by atoms with Crippen LogP contribution in [0.1, 0.15) is 20.3 Å². The minimum atomic E-state index is -1.08. The SMILES string of the molecule is CC[C@H](NC(=O)N(CC)c1ccc(F)cc1)C(=O)O. The van der Waals surface area contributed by atoms with Crippen LogP contribution in [0.3, 0.4) is 0 Å². The molecule has 0 radical (unpaired) electrons. The summed E-state index contributed by atoms with van der Waals surface area (Å²) in [7, 11) is 0. The van der Waals surface area contributed by atoms with Gasteiger partial charge in [0.25, 0.3) is 0 Å². The molecule has 0 fully saturated rings. The number of carboxylic acids is 1. The van der Waals surface area contributed by atoms with Crippen molar-refractivity contribution in [2.75, 3.05) is 11.4 Å². The third-order valence-corrected chi connectivity index (χ3v) is 2.70. The molecule has 0 aliphatic carbocycles. The number of carboxylic acid groups (broad SMARTS) is 1. The topological polar surface area (TPSA) is 69.6 Å². The Kier molecular flexibility index (Phi) is 5.29. The third kappa shape index (κ3) is 3.94. The van der Waals surface area contributed by atoms with Gasteiger partial charge in [0.2, 0.25) is 0 Å². The Morgan fingerprint density at radius 3 is 2.32 bits per heavy atom. The van der Waals surface area contributed by atoms with Crippen LogP contribution >= 0.6 is 0 Å². The quantitative estimate of drug-likeness (QED) is 0.860. The lowest BCUT2D eigenvalue weighted by atomic mass is 10.2. The number of nitrogens with zero attached hydrogens (tertiary/aromatic N) is 1. The summed E-state index contributed by atoms with van der Waals surface area (Å²) in [4.78, 5) is 24.2. The number of amides is 2. The van der Waals surface area contributed by atoms with E-state index in [1.54, 1.807) is 13.8 Å². The van der Waals surface area contributed by atoms with Gasteiger partial charge in [-0.05, 0) is 37.6 Å². The van der Waals surface area contributed by atoms with E-state index in [9.17, 15) is 14.0 Å². The van der Waals surface area contributed by atoms with Crippen molar-refractivity contribution < 1.29 is 19.1 Å². The molecular weight excluding hydrogens is 251 g/mol. The summed E-state index contributed by atoms with van der Waals surface area (Å²) in [6.07, 6.45) is 0.294. The highest BCUT2D eigenvalue weighted by molar-refractivity contribution is 5.94. The molecule has 2 N–H and O–H groups in total. The molecule has 1 atom stereocenters. The maximum absolute atomic E-state index is 12.8. The van der Waals surface area contributed by atoms with Crippen LogP contribution in [0.5, 0.6) is 0 Å². The third-order valence-electron chi connectivity index (χ3n) is 2.70. The summed E-state index contributed by atoms with van der Waals surface area (Å²) in [5, 5.41) is 11.3.